The molecular weight excluding hydrogens is 415 g/mol. The number of hydrogen-bond acceptors (Lipinski definition) is 5. The van der Waals surface area contributed by atoms with Gasteiger partial charge >= 0.3 is 11.8 Å². The maximum atomic E-state index is 13.3. The summed E-state index contributed by atoms with van der Waals surface area (Å²) < 4.78 is 51.5. The molecule has 0 bridgehead atoms. The van der Waals surface area contributed by atoms with Gasteiger partial charge in [-0.15, -0.1) is 0 Å². The average molecular weight is 435 g/mol. The molecule has 1 N–H and O–H groups in total. The van der Waals surface area contributed by atoms with Crippen LogP contribution in [0.15, 0.2) is 33.5 Å². The van der Waals surface area contributed by atoms with Crippen LogP contribution in [0.2, 0.25) is 0 Å². The Hall–Kier alpha value is -3.30. The van der Waals surface area contributed by atoms with Gasteiger partial charge in [0.25, 0.3) is 5.91 Å². The van der Waals surface area contributed by atoms with Crippen molar-refractivity contribution in [2.75, 3.05) is 13.7 Å². The number of nitrogens with one attached hydrogen (secondary N) is 1. The third-order valence-corrected chi connectivity index (χ3v) is 5.32. The first-order valence-electron chi connectivity index (χ1n) is 9.84. The molecule has 2 heterocycles. The lowest BCUT2D eigenvalue weighted by atomic mass is 9.95. The summed E-state index contributed by atoms with van der Waals surface area (Å²) in [6, 6.07) is 6.40. The van der Waals surface area contributed by atoms with E-state index in [9.17, 15) is 22.8 Å². The lowest BCUT2D eigenvalue weighted by Crippen LogP contribution is -2.31. The molecule has 0 unspecified atom stereocenters. The van der Waals surface area contributed by atoms with Crippen LogP contribution < -0.4 is 15.7 Å². The highest BCUT2D eigenvalue weighted by Gasteiger charge is 2.39. The van der Waals surface area contributed by atoms with Crippen molar-refractivity contribution in [3.63, 3.8) is 0 Å². The number of ether oxygens (including phenoxy) is 1. The summed E-state index contributed by atoms with van der Waals surface area (Å²) in [5.41, 5.74) is -0.837. The van der Waals surface area contributed by atoms with Crippen LogP contribution in [0.25, 0.3) is 11.0 Å². The number of para-hydroxylation sites is 1. The molecule has 2 aromatic heterocycles. The number of hydrogen-bond donors (Lipinski definition) is 1. The first kappa shape index (κ1) is 21.0. The highest BCUT2D eigenvalue weighted by Crippen LogP contribution is 2.35. The molecule has 3 aromatic rings. The summed E-state index contributed by atoms with van der Waals surface area (Å²) in [5, 5.41) is 6.83. The highest BCUT2D eigenvalue weighted by molar-refractivity contribution is 5.97. The fourth-order valence-corrected chi connectivity index (χ4v) is 3.89. The van der Waals surface area contributed by atoms with Crippen molar-refractivity contribution in [1.29, 1.82) is 0 Å². The van der Waals surface area contributed by atoms with Gasteiger partial charge in [0.15, 0.2) is 17.0 Å². The van der Waals surface area contributed by atoms with Crippen LogP contribution in [0.5, 0.6) is 5.75 Å². The van der Waals surface area contributed by atoms with Crippen LogP contribution in [-0.2, 0) is 25.6 Å². The quantitative estimate of drug-likeness (QED) is 0.622. The predicted octanol–water partition coefficient (Wildman–Crippen LogP) is 3.33. The number of aromatic nitrogens is 2. The van der Waals surface area contributed by atoms with Gasteiger partial charge in [0.1, 0.15) is 5.56 Å². The number of rotatable bonds is 5. The maximum absolute atomic E-state index is 13.3. The predicted molar refractivity (Wildman–Crippen MR) is 105 cm³/mol. The zero-order chi connectivity index (χ0) is 22.2. The van der Waals surface area contributed by atoms with Crippen LogP contribution in [-0.4, -0.2) is 29.3 Å². The minimum absolute atomic E-state index is 0.0137. The van der Waals surface area contributed by atoms with Gasteiger partial charge in [0, 0.05) is 23.2 Å². The minimum atomic E-state index is -4.51. The average Bonchev–Trinajstić information content (AvgIpc) is 3.12. The molecule has 10 heteroatoms. The number of benzene rings is 1. The Morgan fingerprint density at radius 3 is 2.81 bits per heavy atom. The number of halogens is 3. The van der Waals surface area contributed by atoms with Gasteiger partial charge in [-0.05, 0) is 37.8 Å². The highest BCUT2D eigenvalue weighted by atomic mass is 19.4. The van der Waals surface area contributed by atoms with Crippen molar-refractivity contribution < 1.29 is 27.1 Å². The lowest BCUT2D eigenvalue weighted by molar-refractivity contribution is -0.142. The molecule has 4 rings (SSSR count). The lowest BCUT2D eigenvalue weighted by Gasteiger charge is -2.15. The van der Waals surface area contributed by atoms with Crippen molar-refractivity contribution in [1.82, 2.24) is 15.1 Å². The monoisotopic (exact) mass is 435 g/mol. The molecular formula is C21H20F3N3O4. The van der Waals surface area contributed by atoms with Crippen LogP contribution in [0.1, 0.15) is 40.2 Å². The van der Waals surface area contributed by atoms with Crippen molar-refractivity contribution in [3.8, 4) is 5.75 Å². The Bertz CT molecular complexity index is 1200. The van der Waals surface area contributed by atoms with Gasteiger partial charge in [0.2, 0.25) is 0 Å². The number of nitrogens with zero attached hydrogens (tertiary/aromatic N) is 2. The molecule has 0 saturated carbocycles. The topological polar surface area (TPSA) is 86.4 Å². The normalized spacial score (nSPS) is 13.8. The van der Waals surface area contributed by atoms with E-state index >= 15 is 0 Å². The van der Waals surface area contributed by atoms with E-state index in [0.717, 1.165) is 6.42 Å². The van der Waals surface area contributed by atoms with E-state index in [1.807, 2.05) is 0 Å². The Morgan fingerprint density at radius 2 is 2.06 bits per heavy atom. The standard InChI is InChI=1S/C21H20F3N3O4/c1-30-16-8-4-5-12-11-14(20(29)31-17(12)16)19(28)25-9-10-27-15-7-3-2-6-13(15)18(26-27)21(22,23)24/h4-5,8,11H,2-3,6-7,9-10H2,1H3,(H,25,28). The zero-order valence-electron chi connectivity index (χ0n) is 16.7. The first-order chi connectivity index (χ1) is 14.8. The molecule has 164 valence electrons. The second-order valence-electron chi connectivity index (χ2n) is 7.28. The van der Waals surface area contributed by atoms with Crippen LogP contribution in [0.4, 0.5) is 13.2 Å². The molecule has 0 saturated heterocycles. The zero-order valence-corrected chi connectivity index (χ0v) is 16.7. The Balaban J connectivity index is 1.51. The molecule has 0 atom stereocenters. The van der Waals surface area contributed by atoms with E-state index in [0.29, 0.717) is 36.1 Å². The summed E-state index contributed by atoms with van der Waals surface area (Å²) >= 11 is 0. The molecule has 1 aliphatic carbocycles. The summed E-state index contributed by atoms with van der Waals surface area (Å²) in [6.07, 6.45) is -2.16. The maximum Gasteiger partial charge on any atom is 0.435 e. The molecule has 0 radical (unpaired) electrons. The molecule has 1 aliphatic rings. The fourth-order valence-electron chi connectivity index (χ4n) is 3.89. The Morgan fingerprint density at radius 1 is 1.29 bits per heavy atom. The van der Waals surface area contributed by atoms with E-state index in [-0.39, 0.29) is 29.8 Å². The third kappa shape index (κ3) is 4.01. The van der Waals surface area contributed by atoms with E-state index in [2.05, 4.69) is 10.4 Å². The summed E-state index contributed by atoms with van der Waals surface area (Å²) in [4.78, 5) is 24.8. The van der Waals surface area contributed by atoms with Crippen molar-refractivity contribution in [2.45, 2.75) is 38.4 Å². The Kier molecular flexibility index (Phi) is 5.47. The number of amides is 1. The van der Waals surface area contributed by atoms with E-state index in [1.54, 1.807) is 18.2 Å². The number of alkyl halides is 3. The molecule has 0 aliphatic heterocycles. The first-order valence-corrected chi connectivity index (χ1v) is 9.84. The van der Waals surface area contributed by atoms with Crippen molar-refractivity contribution >= 4 is 16.9 Å². The van der Waals surface area contributed by atoms with Crippen LogP contribution >= 0.6 is 0 Å². The summed E-state index contributed by atoms with van der Waals surface area (Å²) in [6.45, 7) is 0.0801. The van der Waals surface area contributed by atoms with Gasteiger partial charge in [-0.2, -0.15) is 18.3 Å². The van der Waals surface area contributed by atoms with E-state index < -0.39 is 23.4 Å². The number of fused-ring (bicyclic) bond motifs is 2. The van der Waals surface area contributed by atoms with Gasteiger partial charge in [-0.3, -0.25) is 9.48 Å². The molecule has 7 nitrogen and oxygen atoms in total. The molecule has 0 spiro atoms. The van der Waals surface area contributed by atoms with Gasteiger partial charge in [0.05, 0.1) is 13.7 Å². The van der Waals surface area contributed by atoms with Crippen LogP contribution in [0, 0.1) is 0 Å². The smallest absolute Gasteiger partial charge is 0.435 e. The summed E-state index contributed by atoms with van der Waals surface area (Å²) in [7, 11) is 1.44. The molecule has 1 aromatic carbocycles. The minimum Gasteiger partial charge on any atom is -0.493 e. The molecule has 1 amide bonds. The van der Waals surface area contributed by atoms with E-state index in [1.165, 1.54) is 17.9 Å². The fraction of sp³-hybridized carbons (Fsp3) is 0.381. The second-order valence-corrected chi connectivity index (χ2v) is 7.28. The Labute approximate surface area is 174 Å². The van der Waals surface area contributed by atoms with E-state index in [4.69, 9.17) is 9.15 Å². The second kappa shape index (κ2) is 8.09. The largest absolute Gasteiger partial charge is 0.493 e. The molecule has 31 heavy (non-hydrogen) atoms. The van der Waals surface area contributed by atoms with Crippen LogP contribution in [0.3, 0.4) is 0 Å². The number of carbonyl (C=O) groups is 1. The van der Waals surface area contributed by atoms with Gasteiger partial charge in [-0.25, -0.2) is 4.79 Å². The van der Waals surface area contributed by atoms with Gasteiger partial charge < -0.3 is 14.5 Å². The SMILES string of the molecule is COc1cccc2cc(C(=O)NCCn3nc(C(F)(F)F)c4c3CCCC4)c(=O)oc12. The van der Waals surface area contributed by atoms with Crippen molar-refractivity contribution in [2.24, 2.45) is 0 Å². The third-order valence-electron chi connectivity index (χ3n) is 5.32. The number of carbonyl (C=O) groups excluding carboxylic acids is 1. The van der Waals surface area contributed by atoms with Crippen molar-refractivity contribution in [3.05, 3.63) is 57.2 Å². The van der Waals surface area contributed by atoms with Gasteiger partial charge in [-0.1, -0.05) is 12.1 Å². The summed E-state index contributed by atoms with van der Waals surface area (Å²) in [5.74, 6) is -0.305. The number of methoxy groups -OCH3 is 1. The molecule has 0 fully saturated rings.